The Balaban J connectivity index is 1.43. The third kappa shape index (κ3) is 4.29. The number of rotatable bonds is 6. The summed E-state index contributed by atoms with van der Waals surface area (Å²) in [6, 6.07) is 11.8. The highest BCUT2D eigenvalue weighted by Gasteiger charge is 2.22. The minimum absolute atomic E-state index is 0.0660. The molecule has 6 heteroatoms. The van der Waals surface area contributed by atoms with Crippen molar-refractivity contribution in [2.75, 3.05) is 44.7 Å². The molecule has 2 N–H and O–H groups in total. The molecule has 0 saturated carbocycles. The molecule has 0 bridgehead atoms. The molecule has 0 spiro atoms. The summed E-state index contributed by atoms with van der Waals surface area (Å²) in [5, 5.41) is 2.91. The fraction of sp³-hybridized carbons (Fsp3) is 0.389. The van der Waals surface area contributed by atoms with Crippen molar-refractivity contribution in [2.45, 2.75) is 6.54 Å². The third-order valence-corrected chi connectivity index (χ3v) is 4.34. The number of hydrogen-bond acceptors (Lipinski definition) is 4. The topological polar surface area (TPSA) is 59.2 Å². The lowest BCUT2D eigenvalue weighted by atomic mass is 10.2. The first-order valence-electron chi connectivity index (χ1n) is 8.26. The first kappa shape index (κ1) is 16.4. The molecule has 2 heterocycles. The number of amides is 1. The molecular weight excluding hydrogens is 306 g/mol. The number of piperazine rings is 1. The van der Waals surface area contributed by atoms with Gasteiger partial charge >= 0.3 is 0 Å². The molecule has 1 aliphatic rings. The predicted octanol–water partition coefficient (Wildman–Crippen LogP) is 0.310. The van der Waals surface area contributed by atoms with Crippen LogP contribution in [0.5, 0.6) is 5.75 Å². The fourth-order valence-corrected chi connectivity index (χ4v) is 2.95. The standard InChI is InChI=1S/C18H23N3O3/c1-23-16-5-2-4-15(12-16)21-9-7-20(8-10-21)14-18(22)19-13-17-6-3-11-24-17/h2-6,11-12H,7-10,13-14H2,1H3,(H,19,22)/p+1. The summed E-state index contributed by atoms with van der Waals surface area (Å²) in [4.78, 5) is 15.7. The van der Waals surface area contributed by atoms with E-state index in [0.717, 1.165) is 37.7 Å². The van der Waals surface area contributed by atoms with Crippen LogP contribution in [-0.4, -0.2) is 45.7 Å². The van der Waals surface area contributed by atoms with Gasteiger partial charge in [0.05, 0.1) is 46.1 Å². The molecule has 24 heavy (non-hydrogen) atoms. The van der Waals surface area contributed by atoms with Gasteiger partial charge in [-0.05, 0) is 24.3 Å². The fourth-order valence-electron chi connectivity index (χ4n) is 2.95. The average molecular weight is 330 g/mol. The molecule has 6 nitrogen and oxygen atoms in total. The Morgan fingerprint density at radius 2 is 2.12 bits per heavy atom. The minimum atomic E-state index is 0.0660. The van der Waals surface area contributed by atoms with Crippen LogP contribution in [0, 0.1) is 0 Å². The van der Waals surface area contributed by atoms with Crippen molar-refractivity contribution in [3.05, 3.63) is 48.4 Å². The van der Waals surface area contributed by atoms with Crippen LogP contribution in [-0.2, 0) is 11.3 Å². The van der Waals surface area contributed by atoms with Crippen molar-refractivity contribution in [1.29, 1.82) is 0 Å². The summed E-state index contributed by atoms with van der Waals surface area (Å²) >= 11 is 0. The quantitative estimate of drug-likeness (QED) is 0.800. The normalized spacial score (nSPS) is 15.3. The zero-order valence-electron chi connectivity index (χ0n) is 14.0. The molecule has 3 rings (SSSR count). The number of carbonyl (C=O) groups excluding carboxylic acids is 1. The van der Waals surface area contributed by atoms with Crippen LogP contribution in [0.15, 0.2) is 47.1 Å². The first-order valence-corrected chi connectivity index (χ1v) is 8.26. The van der Waals surface area contributed by atoms with Crippen molar-refractivity contribution in [3.63, 3.8) is 0 Å². The van der Waals surface area contributed by atoms with Gasteiger partial charge in [0.1, 0.15) is 11.5 Å². The summed E-state index contributed by atoms with van der Waals surface area (Å²) < 4.78 is 10.5. The first-order chi connectivity index (χ1) is 11.7. The number of nitrogens with one attached hydrogen (secondary N) is 2. The van der Waals surface area contributed by atoms with Crippen LogP contribution < -0.4 is 19.9 Å². The van der Waals surface area contributed by atoms with E-state index in [1.807, 2.05) is 24.3 Å². The van der Waals surface area contributed by atoms with Gasteiger partial charge in [-0.1, -0.05) is 6.07 Å². The molecule has 0 aliphatic carbocycles. The minimum Gasteiger partial charge on any atom is -0.497 e. The Kier molecular flexibility index (Phi) is 5.38. The molecule has 0 radical (unpaired) electrons. The Morgan fingerprint density at radius 1 is 1.29 bits per heavy atom. The van der Waals surface area contributed by atoms with E-state index >= 15 is 0 Å². The number of quaternary nitrogens is 1. The molecule has 0 atom stereocenters. The zero-order valence-corrected chi connectivity index (χ0v) is 14.0. The van der Waals surface area contributed by atoms with Gasteiger partial charge in [-0.3, -0.25) is 4.79 Å². The van der Waals surface area contributed by atoms with Crippen LogP contribution in [0.1, 0.15) is 5.76 Å². The van der Waals surface area contributed by atoms with Gasteiger partial charge in [0.2, 0.25) is 0 Å². The number of ether oxygens (including phenoxy) is 1. The van der Waals surface area contributed by atoms with Crippen LogP contribution in [0.3, 0.4) is 0 Å². The number of hydrogen-bond donors (Lipinski definition) is 2. The molecule has 1 fully saturated rings. The molecule has 2 aromatic rings. The molecule has 1 amide bonds. The molecular formula is C18H24N3O3+. The second kappa shape index (κ2) is 7.88. The Bertz CT molecular complexity index is 649. The van der Waals surface area contributed by atoms with Crippen LogP contribution in [0.4, 0.5) is 5.69 Å². The molecule has 1 saturated heterocycles. The zero-order chi connectivity index (χ0) is 16.8. The number of carbonyl (C=O) groups is 1. The molecule has 0 unspecified atom stereocenters. The maximum absolute atomic E-state index is 12.0. The Labute approximate surface area is 142 Å². The lowest BCUT2D eigenvalue weighted by Gasteiger charge is -2.33. The second-order valence-corrected chi connectivity index (χ2v) is 5.97. The van der Waals surface area contributed by atoms with E-state index in [1.54, 1.807) is 13.4 Å². The van der Waals surface area contributed by atoms with Crippen LogP contribution >= 0.6 is 0 Å². The van der Waals surface area contributed by atoms with Crippen molar-refractivity contribution in [3.8, 4) is 5.75 Å². The maximum Gasteiger partial charge on any atom is 0.275 e. The lowest BCUT2D eigenvalue weighted by Crippen LogP contribution is -3.15. The number of methoxy groups -OCH3 is 1. The number of furan rings is 1. The summed E-state index contributed by atoms with van der Waals surface area (Å²) in [6.45, 7) is 4.74. The van der Waals surface area contributed by atoms with Gasteiger partial charge in [-0.15, -0.1) is 0 Å². The van der Waals surface area contributed by atoms with Gasteiger partial charge in [0, 0.05) is 11.8 Å². The van der Waals surface area contributed by atoms with E-state index < -0.39 is 0 Å². The number of nitrogens with zero attached hydrogens (tertiary/aromatic N) is 1. The van der Waals surface area contributed by atoms with E-state index in [4.69, 9.17) is 9.15 Å². The number of benzene rings is 1. The van der Waals surface area contributed by atoms with Crippen molar-refractivity contribution in [1.82, 2.24) is 5.32 Å². The Morgan fingerprint density at radius 3 is 2.83 bits per heavy atom. The van der Waals surface area contributed by atoms with Gasteiger partial charge in [0.25, 0.3) is 5.91 Å². The van der Waals surface area contributed by atoms with Crippen LogP contribution in [0.25, 0.3) is 0 Å². The highest BCUT2D eigenvalue weighted by atomic mass is 16.5. The summed E-state index contributed by atoms with van der Waals surface area (Å²) in [5.74, 6) is 1.72. The van der Waals surface area contributed by atoms with Crippen molar-refractivity contribution in [2.24, 2.45) is 0 Å². The van der Waals surface area contributed by atoms with Gasteiger partial charge in [-0.2, -0.15) is 0 Å². The van der Waals surface area contributed by atoms with E-state index in [2.05, 4.69) is 22.3 Å². The van der Waals surface area contributed by atoms with Crippen molar-refractivity contribution < 1.29 is 18.8 Å². The highest BCUT2D eigenvalue weighted by Crippen LogP contribution is 2.20. The van der Waals surface area contributed by atoms with E-state index in [1.165, 1.54) is 10.6 Å². The monoisotopic (exact) mass is 330 g/mol. The smallest absolute Gasteiger partial charge is 0.275 e. The maximum atomic E-state index is 12.0. The van der Waals surface area contributed by atoms with Gasteiger partial charge < -0.3 is 24.3 Å². The number of anilines is 1. The van der Waals surface area contributed by atoms with E-state index in [9.17, 15) is 4.79 Å². The predicted molar refractivity (Wildman–Crippen MR) is 91.3 cm³/mol. The molecule has 1 aliphatic heterocycles. The van der Waals surface area contributed by atoms with Crippen LogP contribution in [0.2, 0.25) is 0 Å². The molecule has 1 aromatic heterocycles. The summed E-state index contributed by atoms with van der Waals surface area (Å²) in [7, 11) is 1.68. The summed E-state index contributed by atoms with van der Waals surface area (Å²) in [5.41, 5.74) is 1.18. The molecule has 128 valence electrons. The Hall–Kier alpha value is -2.47. The van der Waals surface area contributed by atoms with E-state index in [0.29, 0.717) is 13.1 Å². The second-order valence-electron chi connectivity index (χ2n) is 5.97. The highest BCUT2D eigenvalue weighted by molar-refractivity contribution is 5.76. The average Bonchev–Trinajstić information content (AvgIpc) is 3.14. The SMILES string of the molecule is COc1cccc(N2CC[NH+](CC(=O)NCc3ccco3)CC2)c1. The lowest BCUT2D eigenvalue weighted by molar-refractivity contribution is -0.892. The molecule has 1 aromatic carbocycles. The largest absolute Gasteiger partial charge is 0.497 e. The van der Waals surface area contributed by atoms with E-state index in [-0.39, 0.29) is 5.91 Å². The van der Waals surface area contributed by atoms with Gasteiger partial charge in [-0.25, -0.2) is 0 Å². The summed E-state index contributed by atoms with van der Waals surface area (Å²) in [6.07, 6.45) is 1.62. The van der Waals surface area contributed by atoms with Crippen molar-refractivity contribution >= 4 is 11.6 Å². The van der Waals surface area contributed by atoms with Gasteiger partial charge in [0.15, 0.2) is 6.54 Å². The third-order valence-electron chi connectivity index (χ3n) is 4.34.